The number of aliphatic carboxylic acids is 1. The van der Waals surface area contributed by atoms with Crippen LogP contribution in [0.15, 0.2) is 18.2 Å². The lowest BCUT2D eigenvalue weighted by atomic mass is 9.88. The Morgan fingerprint density at radius 2 is 2.08 bits per heavy atom. The van der Waals surface area contributed by atoms with Crippen LogP contribution < -0.4 is 10.2 Å². The van der Waals surface area contributed by atoms with Crippen molar-refractivity contribution in [2.24, 2.45) is 5.41 Å². The van der Waals surface area contributed by atoms with Crippen molar-refractivity contribution in [1.82, 2.24) is 5.32 Å². The molecule has 4 heteroatoms. The first-order chi connectivity index (χ1) is 11.2. The normalized spacial score (nSPS) is 17.3. The molecule has 1 aromatic carbocycles. The number of anilines is 1. The molecular formula is C20H32N2O2. The highest BCUT2D eigenvalue weighted by Gasteiger charge is 2.23. The van der Waals surface area contributed by atoms with Crippen molar-refractivity contribution in [2.75, 3.05) is 18.5 Å². The number of nitrogens with zero attached hydrogens (tertiary/aromatic N) is 1. The van der Waals surface area contributed by atoms with Crippen molar-refractivity contribution in [3.63, 3.8) is 0 Å². The molecule has 2 atom stereocenters. The first kappa shape index (κ1) is 18.8. The molecule has 2 rings (SSSR count). The fourth-order valence-corrected chi connectivity index (χ4v) is 3.30. The van der Waals surface area contributed by atoms with Crippen molar-refractivity contribution in [1.29, 1.82) is 0 Å². The van der Waals surface area contributed by atoms with Gasteiger partial charge in [-0.05, 0) is 55.2 Å². The molecule has 0 saturated heterocycles. The number of benzene rings is 1. The number of hydrogen-bond acceptors (Lipinski definition) is 3. The summed E-state index contributed by atoms with van der Waals surface area (Å²) in [6, 6.07) is 6.07. The van der Waals surface area contributed by atoms with E-state index in [4.69, 9.17) is 0 Å². The summed E-state index contributed by atoms with van der Waals surface area (Å²) in [5, 5.41) is 12.8. The molecule has 134 valence electrons. The molecule has 1 aliphatic rings. The molecule has 0 saturated carbocycles. The number of carbonyl (C=O) groups is 1. The highest BCUT2D eigenvalue weighted by atomic mass is 16.4. The zero-order chi connectivity index (χ0) is 17.9. The molecule has 0 aliphatic carbocycles. The van der Waals surface area contributed by atoms with Crippen LogP contribution in [0.1, 0.15) is 64.1 Å². The highest BCUT2D eigenvalue weighted by Crippen LogP contribution is 2.29. The molecule has 24 heavy (non-hydrogen) atoms. The van der Waals surface area contributed by atoms with Gasteiger partial charge in [0.1, 0.15) is 6.04 Å². The molecule has 2 unspecified atom stereocenters. The molecule has 0 amide bonds. The monoisotopic (exact) mass is 332 g/mol. The number of carboxylic acids is 1. The summed E-state index contributed by atoms with van der Waals surface area (Å²) in [7, 11) is 2.13. The van der Waals surface area contributed by atoms with E-state index in [1.165, 1.54) is 17.7 Å². The van der Waals surface area contributed by atoms with Gasteiger partial charge in [0.15, 0.2) is 0 Å². The maximum absolute atomic E-state index is 11.6. The average molecular weight is 332 g/mol. The number of aryl methyl sites for hydroxylation is 1. The van der Waals surface area contributed by atoms with E-state index in [0.717, 1.165) is 24.9 Å². The minimum Gasteiger partial charge on any atom is -0.480 e. The fourth-order valence-electron chi connectivity index (χ4n) is 3.30. The van der Waals surface area contributed by atoms with Crippen LogP contribution >= 0.6 is 0 Å². The summed E-state index contributed by atoms with van der Waals surface area (Å²) in [6.07, 6.45) is 3.86. The second-order valence-corrected chi connectivity index (χ2v) is 8.29. The fraction of sp³-hybridized carbons (Fsp3) is 0.650. The van der Waals surface area contributed by atoms with Gasteiger partial charge in [-0.1, -0.05) is 32.9 Å². The minimum absolute atomic E-state index is 0.0201. The lowest BCUT2D eigenvalue weighted by molar-refractivity contribution is -0.140. The number of hydrogen-bond donors (Lipinski definition) is 2. The summed E-state index contributed by atoms with van der Waals surface area (Å²) < 4.78 is 0. The Hall–Kier alpha value is -1.55. The van der Waals surface area contributed by atoms with E-state index < -0.39 is 12.0 Å². The molecule has 1 aromatic rings. The van der Waals surface area contributed by atoms with Crippen LogP contribution in [0, 0.1) is 5.41 Å². The summed E-state index contributed by atoms with van der Waals surface area (Å²) in [5.41, 5.74) is 3.98. The van der Waals surface area contributed by atoms with E-state index in [9.17, 15) is 9.90 Å². The first-order valence-corrected chi connectivity index (χ1v) is 9.00. The lowest BCUT2D eigenvalue weighted by Gasteiger charge is -2.29. The zero-order valence-corrected chi connectivity index (χ0v) is 15.7. The van der Waals surface area contributed by atoms with Gasteiger partial charge >= 0.3 is 5.97 Å². The largest absolute Gasteiger partial charge is 0.480 e. The summed E-state index contributed by atoms with van der Waals surface area (Å²) in [6.45, 7) is 9.58. The van der Waals surface area contributed by atoms with Crippen molar-refractivity contribution >= 4 is 11.7 Å². The van der Waals surface area contributed by atoms with Gasteiger partial charge in [0, 0.05) is 25.3 Å². The molecule has 1 heterocycles. The smallest absolute Gasteiger partial charge is 0.320 e. The van der Waals surface area contributed by atoms with E-state index in [1.807, 2.05) is 0 Å². The molecule has 4 nitrogen and oxygen atoms in total. The number of fused-ring (bicyclic) bond motifs is 1. The van der Waals surface area contributed by atoms with Crippen molar-refractivity contribution < 1.29 is 9.90 Å². The Kier molecular flexibility index (Phi) is 5.92. The van der Waals surface area contributed by atoms with Crippen LogP contribution in [-0.4, -0.2) is 30.7 Å². The second-order valence-electron chi connectivity index (χ2n) is 8.29. The van der Waals surface area contributed by atoms with Gasteiger partial charge in [0.25, 0.3) is 0 Å². The quantitative estimate of drug-likeness (QED) is 0.827. The Labute approximate surface area is 146 Å². The third kappa shape index (κ3) is 4.97. The van der Waals surface area contributed by atoms with Crippen LogP contribution in [0.4, 0.5) is 5.69 Å². The molecule has 1 aliphatic heterocycles. The molecular weight excluding hydrogens is 300 g/mol. The van der Waals surface area contributed by atoms with Crippen LogP contribution in [-0.2, 0) is 11.2 Å². The van der Waals surface area contributed by atoms with E-state index in [2.05, 4.69) is 63.2 Å². The van der Waals surface area contributed by atoms with Crippen molar-refractivity contribution in [2.45, 2.75) is 65.5 Å². The van der Waals surface area contributed by atoms with E-state index in [-0.39, 0.29) is 11.5 Å². The summed E-state index contributed by atoms with van der Waals surface area (Å²) >= 11 is 0. The van der Waals surface area contributed by atoms with Crippen LogP contribution in [0.2, 0.25) is 0 Å². The molecule has 2 N–H and O–H groups in total. The first-order valence-electron chi connectivity index (χ1n) is 9.00. The molecule has 0 aromatic heterocycles. The Bertz CT molecular complexity index is 577. The molecule has 0 radical (unpaired) electrons. The minimum atomic E-state index is -0.763. The van der Waals surface area contributed by atoms with E-state index in [0.29, 0.717) is 6.42 Å². The average Bonchev–Trinajstić information content (AvgIpc) is 2.50. The van der Waals surface area contributed by atoms with E-state index >= 15 is 0 Å². The third-order valence-corrected chi connectivity index (χ3v) is 4.89. The Morgan fingerprint density at radius 1 is 1.38 bits per heavy atom. The van der Waals surface area contributed by atoms with Crippen LogP contribution in [0.25, 0.3) is 0 Å². The van der Waals surface area contributed by atoms with Crippen LogP contribution in [0.3, 0.4) is 0 Å². The van der Waals surface area contributed by atoms with Crippen LogP contribution in [0.5, 0.6) is 0 Å². The van der Waals surface area contributed by atoms with Gasteiger partial charge in [0.05, 0.1) is 0 Å². The van der Waals surface area contributed by atoms with Gasteiger partial charge in [-0.25, -0.2) is 0 Å². The molecule has 0 bridgehead atoms. The predicted octanol–water partition coefficient (Wildman–Crippen LogP) is 4.00. The maximum atomic E-state index is 11.6. The summed E-state index contributed by atoms with van der Waals surface area (Å²) in [5.74, 6) is -0.763. The standard InChI is InChI=1S/C20H32N2O2/c1-14(21-17(19(23)24)10-11-20(2,3)4)16-9-8-15-7-6-12-22(5)18(15)13-16/h8-9,13-14,17,21H,6-7,10-12H2,1-5H3,(H,23,24). The maximum Gasteiger partial charge on any atom is 0.320 e. The predicted molar refractivity (Wildman–Crippen MR) is 99.7 cm³/mol. The van der Waals surface area contributed by atoms with Gasteiger partial charge in [-0.15, -0.1) is 0 Å². The number of carboxylic acid groups (broad SMARTS) is 1. The highest BCUT2D eigenvalue weighted by molar-refractivity contribution is 5.73. The lowest BCUT2D eigenvalue weighted by Crippen LogP contribution is -2.39. The summed E-state index contributed by atoms with van der Waals surface area (Å²) in [4.78, 5) is 13.9. The zero-order valence-electron chi connectivity index (χ0n) is 15.7. The number of nitrogens with one attached hydrogen (secondary N) is 1. The molecule has 0 spiro atoms. The number of rotatable bonds is 6. The van der Waals surface area contributed by atoms with Gasteiger partial charge in [-0.3, -0.25) is 10.1 Å². The molecule has 0 fully saturated rings. The van der Waals surface area contributed by atoms with Crippen molar-refractivity contribution in [3.8, 4) is 0 Å². The van der Waals surface area contributed by atoms with E-state index in [1.54, 1.807) is 0 Å². The Morgan fingerprint density at radius 3 is 2.71 bits per heavy atom. The topological polar surface area (TPSA) is 52.6 Å². The van der Waals surface area contributed by atoms with Gasteiger partial charge in [0.2, 0.25) is 0 Å². The van der Waals surface area contributed by atoms with Gasteiger partial charge < -0.3 is 10.0 Å². The van der Waals surface area contributed by atoms with Gasteiger partial charge in [-0.2, -0.15) is 0 Å². The third-order valence-electron chi connectivity index (χ3n) is 4.89. The van der Waals surface area contributed by atoms with Crippen molar-refractivity contribution in [3.05, 3.63) is 29.3 Å². The SMILES string of the molecule is CC(NC(CCC(C)(C)C)C(=O)O)c1ccc2c(c1)N(C)CCC2. The second kappa shape index (κ2) is 7.56. The Balaban J connectivity index is 2.08.